The van der Waals surface area contributed by atoms with E-state index in [1.807, 2.05) is 17.6 Å². The number of carbonyl (C=O) groups is 2. The summed E-state index contributed by atoms with van der Waals surface area (Å²) >= 11 is 0. The molecule has 2 atom stereocenters. The van der Waals surface area contributed by atoms with E-state index in [4.69, 9.17) is 4.74 Å². The molecule has 0 saturated carbocycles. The van der Waals surface area contributed by atoms with Gasteiger partial charge in [-0.1, -0.05) is 34.6 Å². The second-order valence-corrected chi connectivity index (χ2v) is 12.8. The molecule has 1 saturated heterocycles. The van der Waals surface area contributed by atoms with E-state index in [1.54, 1.807) is 32.3 Å². The van der Waals surface area contributed by atoms with Crippen LogP contribution >= 0.6 is 0 Å². The number of carboxylic acid groups (broad SMARTS) is 1. The van der Waals surface area contributed by atoms with Crippen LogP contribution in [0.4, 0.5) is 23.7 Å². The molecular weight excluding hydrogens is 591 g/mol. The largest absolute Gasteiger partial charge is 0.465 e. The Balaban J connectivity index is 1.39. The highest BCUT2D eigenvalue weighted by atomic mass is 19.4. The maximum atomic E-state index is 12.6. The van der Waals surface area contributed by atoms with E-state index < -0.39 is 30.8 Å². The fraction of sp³-hybridized carbons (Fsp3) is 0.548. The van der Waals surface area contributed by atoms with Crippen molar-refractivity contribution in [3.63, 3.8) is 0 Å². The molecule has 45 heavy (non-hydrogen) atoms. The SMILES string of the molecule is CC(C)[C@@H](Nc1cncc(-c2c[nH]c3ncc(COCCN4CCN(C(=O)O)C(C(C)(C)C)C4)cc23)c1)C(=O)NCC(F)(F)F. The Labute approximate surface area is 260 Å². The first kappa shape index (κ1) is 34.0. The van der Waals surface area contributed by atoms with Crippen LogP contribution in [0.3, 0.4) is 0 Å². The highest BCUT2D eigenvalue weighted by molar-refractivity contribution is 5.94. The van der Waals surface area contributed by atoms with Gasteiger partial charge in [0.2, 0.25) is 5.91 Å². The van der Waals surface area contributed by atoms with E-state index in [-0.39, 0.29) is 17.4 Å². The smallest absolute Gasteiger partial charge is 0.407 e. The third-order valence-electron chi connectivity index (χ3n) is 7.90. The number of rotatable bonds is 11. The Hall–Kier alpha value is -3.91. The summed E-state index contributed by atoms with van der Waals surface area (Å²) in [4.78, 5) is 40.0. The van der Waals surface area contributed by atoms with E-state index in [0.717, 1.165) is 22.1 Å². The lowest BCUT2D eigenvalue weighted by Gasteiger charge is -2.46. The van der Waals surface area contributed by atoms with Gasteiger partial charge in [-0.05, 0) is 29.0 Å². The number of hydrogen-bond donors (Lipinski definition) is 4. The molecule has 4 heterocycles. The van der Waals surface area contributed by atoms with Gasteiger partial charge in [-0.25, -0.2) is 9.78 Å². The van der Waals surface area contributed by atoms with Gasteiger partial charge in [0, 0.05) is 67.5 Å². The predicted molar refractivity (Wildman–Crippen MR) is 165 cm³/mol. The summed E-state index contributed by atoms with van der Waals surface area (Å²) in [6.07, 6.45) is 1.35. The Morgan fingerprint density at radius 2 is 1.91 bits per heavy atom. The lowest BCUT2D eigenvalue weighted by atomic mass is 9.84. The fourth-order valence-corrected chi connectivity index (χ4v) is 5.44. The van der Waals surface area contributed by atoms with E-state index in [2.05, 4.69) is 45.9 Å². The van der Waals surface area contributed by atoms with Gasteiger partial charge in [-0.15, -0.1) is 0 Å². The molecule has 2 amide bonds. The zero-order chi connectivity index (χ0) is 32.9. The number of piperazine rings is 1. The molecule has 1 unspecified atom stereocenters. The van der Waals surface area contributed by atoms with E-state index in [1.165, 1.54) is 11.1 Å². The number of halogens is 3. The van der Waals surface area contributed by atoms with Crippen LogP contribution in [0.2, 0.25) is 0 Å². The number of pyridine rings is 2. The molecule has 3 aromatic rings. The number of nitrogens with one attached hydrogen (secondary N) is 3. The monoisotopic (exact) mass is 633 g/mol. The summed E-state index contributed by atoms with van der Waals surface area (Å²) in [7, 11) is 0. The molecule has 0 aliphatic carbocycles. The number of carbonyl (C=O) groups excluding carboxylic acids is 1. The molecule has 1 aliphatic rings. The minimum absolute atomic E-state index is 0.103. The summed E-state index contributed by atoms with van der Waals surface area (Å²) in [5.41, 5.74) is 3.41. The van der Waals surface area contributed by atoms with Gasteiger partial charge in [-0.2, -0.15) is 13.2 Å². The van der Waals surface area contributed by atoms with Crippen LogP contribution in [-0.4, -0.2) is 99.4 Å². The second kappa shape index (κ2) is 14.0. The van der Waals surface area contributed by atoms with Crippen LogP contribution < -0.4 is 10.6 Å². The molecule has 1 aliphatic heterocycles. The summed E-state index contributed by atoms with van der Waals surface area (Å²) in [5.74, 6) is -1.03. The maximum absolute atomic E-state index is 12.6. The number of ether oxygens (including phenoxy) is 1. The quantitative estimate of drug-likeness (QED) is 0.218. The molecule has 11 nitrogen and oxygen atoms in total. The minimum atomic E-state index is -4.50. The average molecular weight is 634 g/mol. The van der Waals surface area contributed by atoms with Gasteiger partial charge in [-0.3, -0.25) is 14.7 Å². The molecule has 3 aromatic heterocycles. The third kappa shape index (κ3) is 9.07. The average Bonchev–Trinajstić information content (AvgIpc) is 3.39. The number of anilines is 1. The summed E-state index contributed by atoms with van der Waals surface area (Å²) in [6, 6.07) is 2.78. The highest BCUT2D eigenvalue weighted by Crippen LogP contribution is 2.30. The molecule has 0 radical (unpaired) electrons. The first-order valence-electron chi connectivity index (χ1n) is 14.9. The summed E-state index contributed by atoms with van der Waals surface area (Å²) in [5, 5.41) is 15.4. The van der Waals surface area contributed by atoms with Crippen molar-refractivity contribution < 1.29 is 32.6 Å². The minimum Gasteiger partial charge on any atom is -0.465 e. The van der Waals surface area contributed by atoms with Crippen molar-refractivity contribution in [2.45, 2.75) is 59.5 Å². The zero-order valence-electron chi connectivity index (χ0n) is 26.2. The molecule has 0 aromatic carbocycles. The number of fused-ring (bicyclic) bond motifs is 1. The third-order valence-corrected chi connectivity index (χ3v) is 7.90. The van der Waals surface area contributed by atoms with E-state index in [9.17, 15) is 27.9 Å². The lowest BCUT2D eigenvalue weighted by Crippen LogP contribution is -2.59. The molecule has 4 N–H and O–H groups in total. The number of H-pyrrole nitrogens is 1. The number of hydrogen-bond acceptors (Lipinski definition) is 7. The van der Waals surface area contributed by atoms with Gasteiger partial charge in [0.25, 0.3) is 0 Å². The van der Waals surface area contributed by atoms with Crippen molar-refractivity contribution in [2.75, 3.05) is 44.6 Å². The molecule has 246 valence electrons. The molecular formula is C31H42F3N7O4. The number of nitrogens with zero attached hydrogens (tertiary/aromatic N) is 4. The van der Waals surface area contributed by atoms with Gasteiger partial charge >= 0.3 is 12.3 Å². The van der Waals surface area contributed by atoms with Gasteiger partial charge in [0.15, 0.2) is 0 Å². The first-order valence-corrected chi connectivity index (χ1v) is 14.9. The standard InChI is InChI=1S/C31H42F3N7O4/c1-19(2)26(28(42)38-18-31(32,33)34)39-22-11-21(13-35-14-22)24-15-37-27-23(24)10-20(12-36-27)17-45-9-8-40-6-7-41(29(43)44)25(16-40)30(3,4)5/h10-15,19,25-26,39H,6-9,16-18H2,1-5H3,(H,36,37)(H,38,42)(H,43,44)/t25?,26-/m1/s1. The van der Waals surface area contributed by atoms with Crippen LogP contribution in [-0.2, 0) is 16.1 Å². The Morgan fingerprint density at radius 1 is 1.16 bits per heavy atom. The molecule has 0 bridgehead atoms. The van der Waals surface area contributed by atoms with Gasteiger partial charge in [0.1, 0.15) is 18.2 Å². The highest BCUT2D eigenvalue weighted by Gasteiger charge is 2.37. The van der Waals surface area contributed by atoms with E-state index >= 15 is 0 Å². The van der Waals surface area contributed by atoms with Crippen LogP contribution in [0.1, 0.15) is 40.2 Å². The topological polar surface area (TPSA) is 136 Å². The number of aromatic amines is 1. The van der Waals surface area contributed by atoms with Gasteiger partial charge < -0.3 is 30.4 Å². The summed E-state index contributed by atoms with van der Waals surface area (Å²) < 4.78 is 43.9. The zero-order valence-corrected chi connectivity index (χ0v) is 26.2. The second-order valence-electron chi connectivity index (χ2n) is 12.8. The van der Waals surface area contributed by atoms with Crippen molar-refractivity contribution >= 4 is 28.7 Å². The molecule has 14 heteroatoms. The Bertz CT molecular complexity index is 1470. The molecule has 4 rings (SSSR count). The van der Waals surface area contributed by atoms with Gasteiger partial charge in [0.05, 0.1) is 24.9 Å². The van der Waals surface area contributed by atoms with Crippen LogP contribution in [0, 0.1) is 11.3 Å². The summed E-state index contributed by atoms with van der Waals surface area (Å²) in [6.45, 7) is 11.5. The van der Waals surface area contributed by atoms with E-state index in [0.29, 0.717) is 50.7 Å². The fourth-order valence-electron chi connectivity index (χ4n) is 5.44. The molecule has 1 fully saturated rings. The van der Waals surface area contributed by atoms with Crippen molar-refractivity contribution in [1.82, 2.24) is 30.1 Å². The normalized spacial score (nSPS) is 17.1. The Morgan fingerprint density at radius 3 is 2.58 bits per heavy atom. The first-order chi connectivity index (χ1) is 21.1. The van der Waals surface area contributed by atoms with Crippen LogP contribution in [0.25, 0.3) is 22.2 Å². The molecule has 0 spiro atoms. The van der Waals surface area contributed by atoms with Crippen molar-refractivity contribution in [3.05, 3.63) is 42.5 Å². The van der Waals surface area contributed by atoms with Crippen molar-refractivity contribution in [2.24, 2.45) is 11.3 Å². The van der Waals surface area contributed by atoms with Crippen LogP contribution in [0.5, 0.6) is 0 Å². The number of amides is 2. The van der Waals surface area contributed by atoms with Crippen molar-refractivity contribution in [1.29, 1.82) is 0 Å². The van der Waals surface area contributed by atoms with Crippen molar-refractivity contribution in [3.8, 4) is 11.1 Å². The maximum Gasteiger partial charge on any atom is 0.407 e. The Kier molecular flexibility index (Phi) is 10.6. The number of alkyl halides is 3. The van der Waals surface area contributed by atoms with Crippen LogP contribution in [0.15, 0.2) is 36.9 Å². The lowest BCUT2D eigenvalue weighted by molar-refractivity contribution is -0.139. The number of aromatic nitrogens is 3. The predicted octanol–water partition coefficient (Wildman–Crippen LogP) is 4.97.